The quantitative estimate of drug-likeness (QED) is 0.871. The molecule has 26 heavy (non-hydrogen) atoms. The maximum Gasteiger partial charge on any atom is 0.224 e. The summed E-state index contributed by atoms with van der Waals surface area (Å²) in [7, 11) is 0. The van der Waals surface area contributed by atoms with Crippen LogP contribution in [0.3, 0.4) is 0 Å². The topological polar surface area (TPSA) is 90.9 Å². The van der Waals surface area contributed by atoms with Gasteiger partial charge in [-0.15, -0.1) is 0 Å². The minimum atomic E-state index is -0.136. The Labute approximate surface area is 154 Å². The number of hydrogen-bond acceptors (Lipinski definition) is 6. The second-order valence-electron chi connectivity index (χ2n) is 7.71. The third kappa shape index (κ3) is 3.69. The van der Waals surface area contributed by atoms with Crippen molar-refractivity contribution in [2.24, 2.45) is 5.73 Å². The number of nitrogens with one attached hydrogen (secondary N) is 1. The predicted octanol–water partition coefficient (Wildman–Crippen LogP) is 3.33. The lowest BCUT2D eigenvalue weighted by Crippen LogP contribution is -2.23. The van der Waals surface area contributed by atoms with E-state index in [1.807, 2.05) is 13.1 Å². The first-order valence-corrected chi connectivity index (χ1v) is 10.1. The van der Waals surface area contributed by atoms with Crippen molar-refractivity contribution in [2.75, 3.05) is 18.5 Å². The summed E-state index contributed by atoms with van der Waals surface area (Å²) in [4.78, 5) is 14.1. The monoisotopic (exact) mass is 358 g/mol. The SMILES string of the molecule is CC(N)c1nc2cnc(NC3CCCCC3)nc2n1C1CCCOCC1. The summed E-state index contributed by atoms with van der Waals surface area (Å²) in [6.07, 6.45) is 11.2. The second kappa shape index (κ2) is 7.88. The van der Waals surface area contributed by atoms with Crippen LogP contribution in [-0.2, 0) is 4.74 Å². The molecule has 142 valence electrons. The van der Waals surface area contributed by atoms with E-state index in [4.69, 9.17) is 20.4 Å². The molecule has 2 aromatic heterocycles. The van der Waals surface area contributed by atoms with Crippen molar-refractivity contribution in [3.8, 4) is 0 Å². The van der Waals surface area contributed by atoms with E-state index in [1.165, 1.54) is 32.1 Å². The van der Waals surface area contributed by atoms with E-state index in [2.05, 4.69) is 14.9 Å². The van der Waals surface area contributed by atoms with E-state index in [1.54, 1.807) is 0 Å². The molecule has 1 saturated carbocycles. The lowest BCUT2D eigenvalue weighted by atomic mass is 9.96. The molecule has 1 saturated heterocycles. The third-order valence-electron chi connectivity index (χ3n) is 5.59. The van der Waals surface area contributed by atoms with E-state index in [0.717, 1.165) is 49.5 Å². The molecule has 0 aromatic carbocycles. The van der Waals surface area contributed by atoms with Crippen molar-refractivity contribution in [1.82, 2.24) is 19.5 Å². The van der Waals surface area contributed by atoms with Gasteiger partial charge in [0.1, 0.15) is 11.3 Å². The number of nitrogens with two attached hydrogens (primary N) is 1. The Balaban J connectivity index is 1.69. The third-order valence-corrected chi connectivity index (χ3v) is 5.59. The Morgan fingerprint density at radius 1 is 1.12 bits per heavy atom. The summed E-state index contributed by atoms with van der Waals surface area (Å²) in [5, 5.41) is 3.53. The fourth-order valence-corrected chi connectivity index (χ4v) is 4.23. The van der Waals surface area contributed by atoms with Crippen LogP contribution in [0.4, 0.5) is 5.95 Å². The predicted molar refractivity (Wildman–Crippen MR) is 102 cm³/mol. The van der Waals surface area contributed by atoms with Crippen molar-refractivity contribution in [3.63, 3.8) is 0 Å². The second-order valence-corrected chi connectivity index (χ2v) is 7.71. The number of nitrogens with zero attached hydrogens (tertiary/aromatic N) is 4. The van der Waals surface area contributed by atoms with Gasteiger partial charge in [0.2, 0.25) is 5.95 Å². The molecule has 2 atom stereocenters. The van der Waals surface area contributed by atoms with Crippen LogP contribution in [0.15, 0.2) is 6.20 Å². The zero-order valence-corrected chi connectivity index (χ0v) is 15.7. The van der Waals surface area contributed by atoms with Gasteiger partial charge >= 0.3 is 0 Å². The lowest BCUT2D eigenvalue weighted by Gasteiger charge is -2.23. The highest BCUT2D eigenvalue weighted by Gasteiger charge is 2.24. The minimum absolute atomic E-state index is 0.136. The molecule has 2 aromatic rings. The van der Waals surface area contributed by atoms with Crippen LogP contribution in [0.25, 0.3) is 11.2 Å². The molecule has 3 N–H and O–H groups in total. The molecule has 4 rings (SSSR count). The van der Waals surface area contributed by atoms with Gasteiger partial charge in [0.05, 0.1) is 12.2 Å². The molecule has 2 unspecified atom stereocenters. The average Bonchev–Trinajstić information content (AvgIpc) is 2.83. The van der Waals surface area contributed by atoms with Crippen LogP contribution in [0.2, 0.25) is 0 Å². The van der Waals surface area contributed by atoms with Gasteiger partial charge in [-0.05, 0) is 39.0 Å². The fraction of sp³-hybridized carbons (Fsp3) is 0.737. The molecule has 1 aliphatic heterocycles. The van der Waals surface area contributed by atoms with E-state index in [9.17, 15) is 0 Å². The lowest BCUT2D eigenvalue weighted by molar-refractivity contribution is 0.141. The van der Waals surface area contributed by atoms with E-state index < -0.39 is 0 Å². The van der Waals surface area contributed by atoms with Crippen molar-refractivity contribution in [2.45, 2.75) is 76.4 Å². The van der Waals surface area contributed by atoms with Crippen LogP contribution >= 0.6 is 0 Å². The summed E-state index contributed by atoms with van der Waals surface area (Å²) in [6, 6.07) is 0.681. The number of hydrogen-bond donors (Lipinski definition) is 2. The van der Waals surface area contributed by atoms with Gasteiger partial charge < -0.3 is 20.4 Å². The van der Waals surface area contributed by atoms with Gasteiger partial charge in [0.15, 0.2) is 5.65 Å². The van der Waals surface area contributed by atoms with Crippen LogP contribution < -0.4 is 11.1 Å². The number of ether oxygens (including phenoxy) is 1. The first kappa shape index (κ1) is 17.7. The van der Waals surface area contributed by atoms with Crippen molar-refractivity contribution in [3.05, 3.63) is 12.0 Å². The Morgan fingerprint density at radius 3 is 2.77 bits per heavy atom. The van der Waals surface area contributed by atoms with E-state index in [-0.39, 0.29) is 6.04 Å². The highest BCUT2D eigenvalue weighted by Crippen LogP contribution is 2.30. The molecule has 3 heterocycles. The highest BCUT2D eigenvalue weighted by atomic mass is 16.5. The molecule has 0 bridgehead atoms. The standard InChI is InChI=1S/C19H30N6O/c1-13(20)17-23-16-12-21-19(22-14-6-3-2-4-7-14)24-18(16)25(17)15-8-5-10-26-11-9-15/h12-15H,2-11,20H2,1H3,(H,21,22,24). The van der Waals surface area contributed by atoms with E-state index >= 15 is 0 Å². The Morgan fingerprint density at radius 2 is 1.96 bits per heavy atom. The highest BCUT2D eigenvalue weighted by molar-refractivity contribution is 5.72. The van der Waals surface area contributed by atoms with Gasteiger partial charge in [-0.1, -0.05) is 19.3 Å². The Bertz CT molecular complexity index is 729. The molecule has 2 fully saturated rings. The van der Waals surface area contributed by atoms with Crippen LogP contribution in [0, 0.1) is 0 Å². The number of aromatic nitrogens is 4. The molecule has 2 aliphatic rings. The van der Waals surface area contributed by atoms with Gasteiger partial charge in [-0.25, -0.2) is 9.97 Å². The zero-order valence-electron chi connectivity index (χ0n) is 15.7. The van der Waals surface area contributed by atoms with Crippen LogP contribution in [-0.4, -0.2) is 38.8 Å². The average molecular weight is 358 g/mol. The number of anilines is 1. The van der Waals surface area contributed by atoms with Gasteiger partial charge in [-0.3, -0.25) is 0 Å². The van der Waals surface area contributed by atoms with E-state index in [0.29, 0.717) is 18.0 Å². The van der Waals surface area contributed by atoms with Crippen molar-refractivity contribution < 1.29 is 4.74 Å². The number of rotatable bonds is 4. The number of fused-ring (bicyclic) bond motifs is 1. The Hall–Kier alpha value is -1.73. The summed E-state index contributed by atoms with van der Waals surface area (Å²) < 4.78 is 7.90. The summed E-state index contributed by atoms with van der Waals surface area (Å²) >= 11 is 0. The Kier molecular flexibility index (Phi) is 5.36. The van der Waals surface area contributed by atoms with Gasteiger partial charge in [0, 0.05) is 25.3 Å². The summed E-state index contributed by atoms with van der Waals surface area (Å²) in [6.45, 7) is 3.60. The summed E-state index contributed by atoms with van der Waals surface area (Å²) in [5.74, 6) is 1.61. The largest absolute Gasteiger partial charge is 0.381 e. The van der Waals surface area contributed by atoms with Crippen LogP contribution in [0.1, 0.15) is 76.2 Å². The molecule has 0 radical (unpaired) electrons. The fourth-order valence-electron chi connectivity index (χ4n) is 4.23. The maximum absolute atomic E-state index is 6.23. The van der Waals surface area contributed by atoms with Gasteiger partial charge in [0.25, 0.3) is 0 Å². The van der Waals surface area contributed by atoms with Crippen molar-refractivity contribution in [1.29, 1.82) is 0 Å². The molecule has 1 aliphatic carbocycles. The molecular formula is C19H30N6O. The molecule has 0 amide bonds. The number of imidazole rings is 1. The minimum Gasteiger partial charge on any atom is -0.381 e. The molecule has 0 spiro atoms. The summed E-state index contributed by atoms with van der Waals surface area (Å²) in [5.41, 5.74) is 7.96. The molecular weight excluding hydrogens is 328 g/mol. The molecule has 7 heteroatoms. The van der Waals surface area contributed by atoms with Crippen LogP contribution in [0.5, 0.6) is 0 Å². The first-order chi connectivity index (χ1) is 12.7. The van der Waals surface area contributed by atoms with Crippen molar-refractivity contribution >= 4 is 17.1 Å². The first-order valence-electron chi connectivity index (χ1n) is 10.1. The molecule has 7 nitrogen and oxygen atoms in total. The van der Waals surface area contributed by atoms with Gasteiger partial charge in [-0.2, -0.15) is 4.98 Å². The normalized spacial score (nSPS) is 23.7. The maximum atomic E-state index is 6.23. The zero-order chi connectivity index (χ0) is 17.9. The smallest absolute Gasteiger partial charge is 0.224 e.